The van der Waals surface area contributed by atoms with Gasteiger partial charge in [-0.2, -0.15) is 0 Å². The van der Waals surface area contributed by atoms with Crippen molar-refractivity contribution in [1.82, 2.24) is 30.3 Å². The standard InChI is InChI=1S/C32H48FN7O4/c1-9-40(22(4)5)29(41)24-16-23(33)10-11-26(24)43-28-27(35-20-36-37-28)38-15-13-32(17-38)18-39(19-32)25(21(2)3)12-14-34-30(42)44-31(6,7)8/h10-11,16,20-22,25H,9,12-15,17-19H2,1-8H3,(H,34,42). The van der Waals surface area contributed by atoms with Crippen LogP contribution in [0.1, 0.15) is 78.6 Å². The van der Waals surface area contributed by atoms with Crippen molar-refractivity contribution in [3.8, 4) is 11.6 Å². The maximum absolute atomic E-state index is 14.3. The zero-order chi connectivity index (χ0) is 32.2. The predicted octanol–water partition coefficient (Wildman–Crippen LogP) is 5.13. The molecule has 2 saturated heterocycles. The van der Waals surface area contributed by atoms with Crippen molar-refractivity contribution in [3.05, 3.63) is 35.9 Å². The van der Waals surface area contributed by atoms with Gasteiger partial charge in [0.05, 0.1) is 5.56 Å². The molecule has 2 amide bonds. The minimum Gasteiger partial charge on any atom is -0.444 e. The maximum Gasteiger partial charge on any atom is 0.407 e. The van der Waals surface area contributed by atoms with E-state index >= 15 is 0 Å². The van der Waals surface area contributed by atoms with Gasteiger partial charge < -0.3 is 24.6 Å². The molecule has 1 atom stereocenters. The number of nitrogens with zero attached hydrogens (tertiary/aromatic N) is 6. The van der Waals surface area contributed by atoms with Crippen molar-refractivity contribution in [3.63, 3.8) is 0 Å². The molecular formula is C32H48FN7O4. The zero-order valence-electron chi connectivity index (χ0n) is 27.4. The van der Waals surface area contributed by atoms with Crippen molar-refractivity contribution in [1.29, 1.82) is 0 Å². The Labute approximate surface area is 260 Å². The molecule has 2 aliphatic rings. The smallest absolute Gasteiger partial charge is 0.407 e. The Kier molecular flexibility index (Phi) is 10.3. The van der Waals surface area contributed by atoms with Gasteiger partial charge in [-0.05, 0) is 78.5 Å². The van der Waals surface area contributed by atoms with Gasteiger partial charge in [0.2, 0.25) is 0 Å². The topological polar surface area (TPSA) is 113 Å². The first-order valence-electron chi connectivity index (χ1n) is 15.6. The molecule has 1 spiro atoms. The van der Waals surface area contributed by atoms with E-state index in [1.165, 1.54) is 24.5 Å². The number of halogens is 1. The Hall–Kier alpha value is -3.54. The lowest BCUT2D eigenvalue weighted by atomic mass is 9.76. The highest BCUT2D eigenvalue weighted by Crippen LogP contribution is 2.44. The molecule has 12 heteroatoms. The number of rotatable bonds is 11. The van der Waals surface area contributed by atoms with Gasteiger partial charge in [0.25, 0.3) is 11.8 Å². The van der Waals surface area contributed by atoms with Crippen molar-refractivity contribution in [2.45, 2.75) is 85.9 Å². The zero-order valence-corrected chi connectivity index (χ0v) is 27.4. The number of hydrogen-bond donors (Lipinski definition) is 1. The average molecular weight is 614 g/mol. The Morgan fingerprint density at radius 2 is 1.89 bits per heavy atom. The highest BCUT2D eigenvalue weighted by Gasteiger charge is 2.50. The lowest BCUT2D eigenvalue weighted by Crippen LogP contribution is -2.62. The number of carbonyl (C=O) groups is 2. The van der Waals surface area contributed by atoms with Crippen LogP contribution in [0.5, 0.6) is 11.6 Å². The van der Waals surface area contributed by atoms with E-state index in [4.69, 9.17) is 9.47 Å². The van der Waals surface area contributed by atoms with Gasteiger partial charge in [-0.15, -0.1) is 10.2 Å². The fraction of sp³-hybridized carbons (Fsp3) is 0.656. The van der Waals surface area contributed by atoms with Crippen LogP contribution in [0.4, 0.5) is 15.0 Å². The normalized spacial score (nSPS) is 17.1. The van der Waals surface area contributed by atoms with E-state index in [1.54, 1.807) is 4.90 Å². The summed E-state index contributed by atoms with van der Waals surface area (Å²) in [6.45, 7) is 20.2. The summed E-state index contributed by atoms with van der Waals surface area (Å²) in [5, 5.41) is 11.1. The van der Waals surface area contributed by atoms with Crippen LogP contribution in [0, 0.1) is 17.2 Å². The SMILES string of the molecule is CCN(C(=O)c1cc(F)ccc1Oc1nncnc1N1CCC2(C1)CN(C(CCNC(=O)OC(C)(C)C)C(C)C)C2)C(C)C. The molecule has 0 radical (unpaired) electrons. The van der Waals surface area contributed by atoms with Crippen LogP contribution in [-0.2, 0) is 4.74 Å². The molecule has 44 heavy (non-hydrogen) atoms. The van der Waals surface area contributed by atoms with E-state index in [0.29, 0.717) is 30.9 Å². The second-order valence-corrected chi connectivity index (χ2v) is 13.6. The predicted molar refractivity (Wildman–Crippen MR) is 166 cm³/mol. The van der Waals surface area contributed by atoms with E-state index in [1.807, 2.05) is 41.5 Å². The number of nitrogens with one attached hydrogen (secondary N) is 1. The summed E-state index contributed by atoms with van der Waals surface area (Å²) in [4.78, 5) is 36.3. The van der Waals surface area contributed by atoms with E-state index < -0.39 is 11.4 Å². The summed E-state index contributed by atoms with van der Waals surface area (Å²) in [7, 11) is 0. The first kappa shape index (κ1) is 33.4. The van der Waals surface area contributed by atoms with Crippen LogP contribution in [-0.4, -0.2) is 93.9 Å². The van der Waals surface area contributed by atoms with E-state index in [9.17, 15) is 14.0 Å². The average Bonchev–Trinajstić information content (AvgIpc) is 3.36. The van der Waals surface area contributed by atoms with E-state index in [2.05, 4.69) is 44.1 Å². The lowest BCUT2D eigenvalue weighted by Gasteiger charge is -2.52. The van der Waals surface area contributed by atoms with Gasteiger partial charge in [-0.1, -0.05) is 13.8 Å². The van der Waals surface area contributed by atoms with Crippen LogP contribution in [0.2, 0.25) is 0 Å². The Bertz CT molecular complexity index is 1310. The molecule has 2 fully saturated rings. The third-order valence-corrected chi connectivity index (χ3v) is 8.34. The first-order valence-corrected chi connectivity index (χ1v) is 15.6. The fourth-order valence-corrected chi connectivity index (χ4v) is 6.30. The number of aromatic nitrogens is 3. The van der Waals surface area contributed by atoms with Crippen molar-refractivity contribution >= 4 is 17.8 Å². The van der Waals surface area contributed by atoms with Crippen LogP contribution in [0.15, 0.2) is 24.5 Å². The van der Waals surface area contributed by atoms with E-state index in [0.717, 1.165) is 39.0 Å². The molecule has 0 bridgehead atoms. The number of likely N-dealkylation sites (tertiary alicyclic amines) is 1. The van der Waals surface area contributed by atoms with E-state index in [-0.39, 0.29) is 40.7 Å². The molecule has 1 aromatic carbocycles. The molecule has 2 aromatic rings. The number of amides is 2. The summed E-state index contributed by atoms with van der Waals surface area (Å²) in [5.41, 5.74) is -0.276. The quantitative estimate of drug-likeness (QED) is 0.369. The molecular weight excluding hydrogens is 565 g/mol. The monoisotopic (exact) mass is 613 g/mol. The number of benzene rings is 1. The highest BCUT2D eigenvalue weighted by atomic mass is 19.1. The molecule has 2 aliphatic heterocycles. The molecule has 3 heterocycles. The van der Waals surface area contributed by atoms with Gasteiger partial charge in [-0.3, -0.25) is 9.69 Å². The minimum absolute atomic E-state index is 0.0586. The largest absolute Gasteiger partial charge is 0.444 e. The van der Waals surface area contributed by atoms with Crippen LogP contribution < -0.4 is 15.0 Å². The number of hydrogen-bond acceptors (Lipinski definition) is 9. The maximum atomic E-state index is 14.3. The summed E-state index contributed by atoms with van der Waals surface area (Å²) in [6, 6.07) is 4.20. The van der Waals surface area contributed by atoms with Crippen molar-refractivity contribution in [2.24, 2.45) is 11.3 Å². The fourth-order valence-electron chi connectivity index (χ4n) is 6.30. The summed E-state index contributed by atoms with van der Waals surface area (Å²) in [6.07, 6.45) is 2.84. The van der Waals surface area contributed by atoms with Gasteiger partial charge in [0.1, 0.15) is 23.5 Å². The Morgan fingerprint density at radius 1 is 1.16 bits per heavy atom. The molecule has 0 aliphatic carbocycles. The second kappa shape index (κ2) is 13.6. The van der Waals surface area contributed by atoms with Crippen LogP contribution >= 0.6 is 0 Å². The van der Waals surface area contributed by atoms with Gasteiger partial charge in [0.15, 0.2) is 5.82 Å². The second-order valence-electron chi connectivity index (χ2n) is 13.6. The minimum atomic E-state index is -0.521. The first-order chi connectivity index (χ1) is 20.7. The third kappa shape index (κ3) is 7.94. The van der Waals surface area contributed by atoms with Crippen molar-refractivity contribution < 1.29 is 23.5 Å². The molecule has 1 N–H and O–H groups in total. The van der Waals surface area contributed by atoms with Crippen LogP contribution in [0.25, 0.3) is 0 Å². The lowest BCUT2D eigenvalue weighted by molar-refractivity contribution is -0.0334. The van der Waals surface area contributed by atoms with Gasteiger partial charge in [-0.25, -0.2) is 14.2 Å². The number of alkyl carbamates (subject to hydrolysis) is 1. The summed E-state index contributed by atoms with van der Waals surface area (Å²) < 4.78 is 25.8. The molecule has 1 aromatic heterocycles. The van der Waals surface area contributed by atoms with Crippen LogP contribution in [0.3, 0.4) is 0 Å². The van der Waals surface area contributed by atoms with Gasteiger partial charge >= 0.3 is 6.09 Å². The molecule has 242 valence electrons. The Morgan fingerprint density at radius 3 is 2.52 bits per heavy atom. The highest BCUT2D eigenvalue weighted by molar-refractivity contribution is 5.97. The number of ether oxygens (including phenoxy) is 2. The molecule has 1 unspecified atom stereocenters. The van der Waals surface area contributed by atoms with Crippen molar-refractivity contribution in [2.75, 3.05) is 44.2 Å². The van der Waals surface area contributed by atoms with Gasteiger partial charge in [0, 0.05) is 56.8 Å². The summed E-state index contributed by atoms with van der Waals surface area (Å²) >= 11 is 0. The third-order valence-electron chi connectivity index (χ3n) is 8.34. The number of anilines is 1. The molecule has 11 nitrogen and oxygen atoms in total. The Balaban J connectivity index is 1.42. The molecule has 0 saturated carbocycles. The molecule has 4 rings (SSSR count). The summed E-state index contributed by atoms with van der Waals surface area (Å²) in [5.74, 6) is 0.546. The number of carbonyl (C=O) groups excluding carboxylic acids is 2.